The van der Waals surface area contributed by atoms with E-state index in [9.17, 15) is 4.79 Å². The Kier molecular flexibility index (Phi) is 3.70. The van der Waals surface area contributed by atoms with Gasteiger partial charge in [0.1, 0.15) is 6.26 Å². The number of hydrogen-bond donors (Lipinski definition) is 0. The lowest BCUT2D eigenvalue weighted by molar-refractivity contribution is 0.0707. The molecule has 23 heavy (non-hydrogen) atoms. The summed E-state index contributed by atoms with van der Waals surface area (Å²) in [7, 11) is 0. The minimum Gasteiger partial charge on any atom is -0.472 e. The summed E-state index contributed by atoms with van der Waals surface area (Å²) in [5, 5.41) is 12.0. The van der Waals surface area contributed by atoms with E-state index in [4.69, 9.17) is 8.83 Å². The minimum atomic E-state index is 0.106. The van der Waals surface area contributed by atoms with Crippen molar-refractivity contribution in [3.8, 4) is 11.5 Å². The number of thiophene rings is 1. The Hall–Kier alpha value is -2.41. The molecule has 0 N–H and O–H groups in total. The summed E-state index contributed by atoms with van der Waals surface area (Å²) in [6.45, 7) is 1.42. The van der Waals surface area contributed by atoms with Gasteiger partial charge in [-0.15, -0.1) is 10.2 Å². The Balaban J connectivity index is 1.41. The predicted octanol–water partition coefficient (Wildman–Crippen LogP) is 3.41. The second-order valence-electron chi connectivity index (χ2n) is 5.54. The van der Waals surface area contributed by atoms with Gasteiger partial charge in [-0.25, -0.2) is 0 Å². The number of hydrogen-bond acceptors (Lipinski definition) is 6. The van der Waals surface area contributed by atoms with Crippen molar-refractivity contribution in [2.24, 2.45) is 0 Å². The van der Waals surface area contributed by atoms with Crippen molar-refractivity contribution in [2.45, 2.75) is 18.8 Å². The number of carbonyl (C=O) groups excluding carboxylic acids is 1. The van der Waals surface area contributed by atoms with E-state index in [0.717, 1.165) is 24.0 Å². The summed E-state index contributed by atoms with van der Waals surface area (Å²) in [5.41, 5.74) is 1.56. The van der Waals surface area contributed by atoms with Crippen molar-refractivity contribution in [3.63, 3.8) is 0 Å². The van der Waals surface area contributed by atoms with E-state index in [0.29, 0.717) is 24.9 Å². The van der Waals surface area contributed by atoms with Gasteiger partial charge in [-0.05, 0) is 30.4 Å². The highest BCUT2D eigenvalue weighted by Gasteiger charge is 2.28. The van der Waals surface area contributed by atoms with Crippen LogP contribution in [0.4, 0.5) is 0 Å². The quantitative estimate of drug-likeness (QED) is 0.736. The molecule has 118 valence electrons. The van der Waals surface area contributed by atoms with E-state index < -0.39 is 0 Å². The van der Waals surface area contributed by atoms with Gasteiger partial charge >= 0.3 is 0 Å². The number of furan rings is 1. The van der Waals surface area contributed by atoms with Crippen molar-refractivity contribution in [1.82, 2.24) is 15.1 Å². The average Bonchev–Trinajstić information content (AvgIpc) is 3.36. The first-order valence-corrected chi connectivity index (χ1v) is 8.43. The number of aromatic nitrogens is 2. The summed E-state index contributed by atoms with van der Waals surface area (Å²) in [6.07, 6.45) is 4.83. The van der Waals surface area contributed by atoms with Gasteiger partial charge in [0, 0.05) is 24.4 Å². The standard InChI is InChI=1S/C16H15N3O3S/c20-16(13-4-8-23-10-13)19-5-1-11(2-6-19)14-17-18-15(22-14)12-3-7-21-9-12/h3-4,7-11H,1-2,5-6H2. The monoisotopic (exact) mass is 329 g/mol. The summed E-state index contributed by atoms with van der Waals surface area (Å²) < 4.78 is 10.8. The summed E-state index contributed by atoms with van der Waals surface area (Å²) in [6, 6.07) is 3.66. The number of amides is 1. The Morgan fingerprint density at radius 2 is 2.13 bits per heavy atom. The molecule has 0 unspecified atom stereocenters. The first kappa shape index (κ1) is 14.2. The second-order valence-corrected chi connectivity index (χ2v) is 6.32. The number of piperidine rings is 1. The van der Waals surface area contributed by atoms with Crippen LogP contribution in [0.15, 0.2) is 44.3 Å². The van der Waals surface area contributed by atoms with Gasteiger partial charge in [0.2, 0.25) is 5.89 Å². The van der Waals surface area contributed by atoms with Crippen LogP contribution in [0.5, 0.6) is 0 Å². The molecule has 0 aliphatic carbocycles. The lowest BCUT2D eigenvalue weighted by Gasteiger charge is -2.30. The van der Waals surface area contributed by atoms with E-state index >= 15 is 0 Å². The molecular formula is C16H15N3O3S. The molecule has 4 heterocycles. The Labute approximate surface area is 136 Å². The third kappa shape index (κ3) is 2.79. The molecule has 0 atom stereocenters. The molecule has 0 radical (unpaired) electrons. The van der Waals surface area contributed by atoms with E-state index in [-0.39, 0.29) is 11.8 Å². The van der Waals surface area contributed by atoms with Crippen LogP contribution < -0.4 is 0 Å². The van der Waals surface area contributed by atoms with Crippen LogP contribution in [-0.2, 0) is 0 Å². The van der Waals surface area contributed by atoms with Crippen molar-refractivity contribution < 1.29 is 13.6 Å². The summed E-state index contributed by atoms with van der Waals surface area (Å²) in [5.74, 6) is 1.43. The fourth-order valence-corrected chi connectivity index (χ4v) is 3.43. The van der Waals surface area contributed by atoms with Crippen LogP contribution in [0.2, 0.25) is 0 Å². The van der Waals surface area contributed by atoms with Gasteiger partial charge < -0.3 is 13.7 Å². The van der Waals surface area contributed by atoms with Gasteiger partial charge in [0.15, 0.2) is 0 Å². The predicted molar refractivity (Wildman–Crippen MR) is 84.2 cm³/mol. The maximum atomic E-state index is 12.3. The first-order valence-electron chi connectivity index (χ1n) is 7.48. The van der Waals surface area contributed by atoms with Crippen LogP contribution in [-0.4, -0.2) is 34.1 Å². The van der Waals surface area contributed by atoms with E-state index in [2.05, 4.69) is 10.2 Å². The van der Waals surface area contributed by atoms with Crippen LogP contribution in [0.25, 0.3) is 11.5 Å². The van der Waals surface area contributed by atoms with Gasteiger partial charge in [-0.2, -0.15) is 11.3 Å². The maximum Gasteiger partial charge on any atom is 0.254 e. The van der Waals surface area contributed by atoms with Crippen LogP contribution in [0.1, 0.15) is 35.0 Å². The average molecular weight is 329 g/mol. The molecule has 6 nitrogen and oxygen atoms in total. The number of likely N-dealkylation sites (tertiary alicyclic amines) is 1. The highest BCUT2D eigenvalue weighted by molar-refractivity contribution is 7.08. The zero-order valence-corrected chi connectivity index (χ0v) is 13.2. The molecule has 0 bridgehead atoms. The zero-order valence-electron chi connectivity index (χ0n) is 12.3. The normalized spacial score (nSPS) is 15.9. The summed E-state index contributed by atoms with van der Waals surface area (Å²) in [4.78, 5) is 14.2. The molecule has 0 aromatic carbocycles. The number of nitrogens with zero attached hydrogens (tertiary/aromatic N) is 3. The number of carbonyl (C=O) groups is 1. The van der Waals surface area contributed by atoms with Crippen molar-refractivity contribution in [3.05, 3.63) is 46.9 Å². The molecule has 0 spiro atoms. The lowest BCUT2D eigenvalue weighted by atomic mass is 9.96. The molecule has 1 saturated heterocycles. The third-order valence-electron chi connectivity index (χ3n) is 4.11. The van der Waals surface area contributed by atoms with Crippen LogP contribution in [0.3, 0.4) is 0 Å². The Morgan fingerprint density at radius 1 is 1.26 bits per heavy atom. The second kappa shape index (κ2) is 6.00. The maximum absolute atomic E-state index is 12.3. The topological polar surface area (TPSA) is 72.4 Å². The first-order chi connectivity index (χ1) is 11.3. The molecule has 1 fully saturated rings. The molecule has 4 rings (SSSR count). The fraction of sp³-hybridized carbons (Fsp3) is 0.312. The van der Waals surface area contributed by atoms with Gasteiger partial charge in [0.05, 0.1) is 17.4 Å². The van der Waals surface area contributed by atoms with Crippen molar-refractivity contribution >= 4 is 17.2 Å². The van der Waals surface area contributed by atoms with Crippen molar-refractivity contribution in [1.29, 1.82) is 0 Å². The van der Waals surface area contributed by atoms with Crippen molar-refractivity contribution in [2.75, 3.05) is 13.1 Å². The molecule has 1 aliphatic rings. The van der Waals surface area contributed by atoms with Crippen LogP contribution >= 0.6 is 11.3 Å². The highest BCUT2D eigenvalue weighted by atomic mass is 32.1. The Bertz CT molecular complexity index is 771. The fourth-order valence-electron chi connectivity index (χ4n) is 2.80. The minimum absolute atomic E-state index is 0.106. The molecule has 1 amide bonds. The lowest BCUT2D eigenvalue weighted by Crippen LogP contribution is -2.37. The Morgan fingerprint density at radius 3 is 2.83 bits per heavy atom. The van der Waals surface area contributed by atoms with Gasteiger partial charge in [-0.3, -0.25) is 4.79 Å². The van der Waals surface area contributed by atoms with Gasteiger partial charge in [0.25, 0.3) is 11.8 Å². The molecule has 1 aliphatic heterocycles. The third-order valence-corrected chi connectivity index (χ3v) is 4.79. The highest BCUT2D eigenvalue weighted by Crippen LogP contribution is 2.30. The molecule has 3 aromatic heterocycles. The van der Waals surface area contributed by atoms with Gasteiger partial charge in [-0.1, -0.05) is 0 Å². The smallest absolute Gasteiger partial charge is 0.254 e. The van der Waals surface area contributed by atoms with E-state index in [1.807, 2.05) is 21.7 Å². The molecule has 7 heteroatoms. The molecular weight excluding hydrogens is 314 g/mol. The van der Waals surface area contributed by atoms with Crippen LogP contribution in [0, 0.1) is 0 Å². The zero-order chi connectivity index (χ0) is 15.6. The number of rotatable bonds is 3. The van der Waals surface area contributed by atoms with E-state index in [1.54, 1.807) is 29.9 Å². The SMILES string of the molecule is O=C(c1ccsc1)N1CCC(c2nnc(-c3ccoc3)o2)CC1. The van der Waals surface area contributed by atoms with E-state index in [1.165, 1.54) is 0 Å². The molecule has 0 saturated carbocycles. The largest absolute Gasteiger partial charge is 0.472 e. The summed E-state index contributed by atoms with van der Waals surface area (Å²) >= 11 is 1.54. The molecule has 3 aromatic rings.